The summed E-state index contributed by atoms with van der Waals surface area (Å²) in [6.07, 6.45) is 13.2. The van der Waals surface area contributed by atoms with Crippen molar-refractivity contribution in [1.29, 1.82) is 0 Å². The van der Waals surface area contributed by atoms with Crippen molar-refractivity contribution in [1.82, 2.24) is 0 Å². The van der Waals surface area contributed by atoms with Crippen molar-refractivity contribution >= 4 is 0 Å². The van der Waals surface area contributed by atoms with Gasteiger partial charge < -0.3 is 15.3 Å². The number of hydrogen-bond donors (Lipinski definition) is 3. The van der Waals surface area contributed by atoms with Gasteiger partial charge in [0.05, 0.1) is 17.8 Å². The quantitative estimate of drug-likeness (QED) is 0.448. The van der Waals surface area contributed by atoms with Crippen LogP contribution in [0.15, 0.2) is 35.5 Å². The molecule has 3 fully saturated rings. The second-order valence-corrected chi connectivity index (χ2v) is 12.7. The molecular formula is C29H48O3. The summed E-state index contributed by atoms with van der Waals surface area (Å²) in [4.78, 5) is 0. The molecule has 0 aromatic carbocycles. The predicted octanol–water partition coefficient (Wildman–Crippen LogP) is 6.34. The molecule has 32 heavy (non-hydrogen) atoms. The second-order valence-electron chi connectivity index (χ2n) is 12.7. The van der Waals surface area contributed by atoms with Crippen LogP contribution in [0.1, 0.15) is 99.3 Å². The molecule has 3 N–H and O–H groups in total. The van der Waals surface area contributed by atoms with Crippen LogP contribution in [0.25, 0.3) is 0 Å². The minimum Gasteiger partial charge on any atom is -0.392 e. The lowest BCUT2D eigenvalue weighted by atomic mass is 9.60. The van der Waals surface area contributed by atoms with Gasteiger partial charge in [0.25, 0.3) is 0 Å². The number of hydrogen-bond acceptors (Lipinski definition) is 3. The van der Waals surface area contributed by atoms with Gasteiger partial charge in [0, 0.05) is 5.41 Å². The van der Waals surface area contributed by atoms with E-state index in [1.807, 2.05) is 27.7 Å². The first kappa shape index (κ1) is 25.7. The highest BCUT2D eigenvalue weighted by Crippen LogP contribution is 2.60. The molecule has 0 aromatic rings. The van der Waals surface area contributed by atoms with Crippen molar-refractivity contribution in [2.45, 2.75) is 117 Å². The molecule has 0 aliphatic heterocycles. The molecule has 0 spiro atoms. The summed E-state index contributed by atoms with van der Waals surface area (Å²) in [5.41, 5.74) is 2.57. The summed E-state index contributed by atoms with van der Waals surface area (Å²) >= 11 is 0. The van der Waals surface area contributed by atoms with Gasteiger partial charge in [-0.2, -0.15) is 0 Å². The Balaban J connectivity index is 1.72. The van der Waals surface area contributed by atoms with Gasteiger partial charge >= 0.3 is 0 Å². The molecule has 3 rings (SSSR count). The Morgan fingerprint density at radius 3 is 2.50 bits per heavy atom. The van der Waals surface area contributed by atoms with E-state index in [4.69, 9.17) is 0 Å². The van der Waals surface area contributed by atoms with E-state index in [0.717, 1.165) is 36.3 Å². The Kier molecular flexibility index (Phi) is 7.55. The van der Waals surface area contributed by atoms with Crippen molar-refractivity contribution in [2.75, 3.05) is 0 Å². The van der Waals surface area contributed by atoms with Crippen LogP contribution < -0.4 is 0 Å². The summed E-state index contributed by atoms with van der Waals surface area (Å²) < 4.78 is 0. The summed E-state index contributed by atoms with van der Waals surface area (Å²) in [5, 5.41) is 31.3. The molecule has 3 nitrogen and oxygen atoms in total. The lowest BCUT2D eigenvalue weighted by Crippen LogP contribution is -2.45. The fraction of sp³-hybridized carbons (Fsp3) is 0.793. The van der Waals surface area contributed by atoms with Gasteiger partial charge in [-0.1, -0.05) is 64.8 Å². The Morgan fingerprint density at radius 2 is 1.84 bits per heavy atom. The maximum Gasteiger partial charge on any atom is 0.0862 e. The van der Waals surface area contributed by atoms with E-state index < -0.39 is 23.2 Å². The number of aliphatic hydroxyl groups excluding tert-OH is 2. The van der Waals surface area contributed by atoms with Crippen molar-refractivity contribution in [3.63, 3.8) is 0 Å². The monoisotopic (exact) mass is 444 g/mol. The van der Waals surface area contributed by atoms with Crippen molar-refractivity contribution in [2.24, 2.45) is 28.6 Å². The summed E-state index contributed by atoms with van der Waals surface area (Å²) in [6.45, 7) is 16.8. The highest BCUT2D eigenvalue weighted by Gasteiger charge is 2.50. The second kappa shape index (κ2) is 9.39. The topological polar surface area (TPSA) is 60.7 Å². The van der Waals surface area contributed by atoms with Gasteiger partial charge in [-0.15, -0.1) is 0 Å². The predicted molar refractivity (Wildman–Crippen MR) is 133 cm³/mol. The van der Waals surface area contributed by atoms with Gasteiger partial charge in [-0.3, -0.25) is 0 Å². The van der Waals surface area contributed by atoms with E-state index >= 15 is 0 Å². The molecule has 6 atom stereocenters. The molecule has 3 saturated carbocycles. The zero-order chi connectivity index (χ0) is 23.9. The van der Waals surface area contributed by atoms with Crippen molar-refractivity contribution in [3.8, 4) is 0 Å². The van der Waals surface area contributed by atoms with Gasteiger partial charge in [-0.25, -0.2) is 0 Å². The molecule has 0 unspecified atom stereocenters. The fourth-order valence-electron chi connectivity index (χ4n) is 7.06. The molecule has 3 aliphatic carbocycles. The van der Waals surface area contributed by atoms with Gasteiger partial charge in [0.1, 0.15) is 0 Å². The third-order valence-electron chi connectivity index (χ3n) is 9.39. The molecule has 3 heteroatoms. The lowest BCUT2D eigenvalue weighted by molar-refractivity contribution is -0.0404. The summed E-state index contributed by atoms with van der Waals surface area (Å²) in [6, 6.07) is 0. The molecule has 0 saturated heterocycles. The van der Waals surface area contributed by atoms with Crippen LogP contribution in [0.4, 0.5) is 0 Å². The zero-order valence-corrected chi connectivity index (χ0v) is 21.5. The van der Waals surface area contributed by atoms with Crippen LogP contribution in [-0.2, 0) is 0 Å². The lowest BCUT2D eigenvalue weighted by Gasteiger charge is -2.44. The van der Waals surface area contributed by atoms with Crippen molar-refractivity contribution in [3.05, 3.63) is 35.5 Å². The first-order valence-electron chi connectivity index (χ1n) is 12.9. The van der Waals surface area contributed by atoms with Crippen LogP contribution >= 0.6 is 0 Å². The Hall–Kier alpha value is -0.900. The zero-order valence-electron chi connectivity index (χ0n) is 21.5. The number of allylic oxidation sites excluding steroid dienone is 3. The number of fused-ring (bicyclic) bond motifs is 1. The highest BCUT2D eigenvalue weighted by molar-refractivity contribution is 5.40. The summed E-state index contributed by atoms with van der Waals surface area (Å²) in [5.74, 6) is 2.08. The number of aliphatic hydroxyl groups is 3. The van der Waals surface area contributed by atoms with E-state index in [9.17, 15) is 15.3 Å². The van der Waals surface area contributed by atoms with Gasteiger partial charge in [0.15, 0.2) is 0 Å². The third kappa shape index (κ3) is 5.10. The van der Waals surface area contributed by atoms with Gasteiger partial charge in [-0.05, 0) is 93.1 Å². The van der Waals surface area contributed by atoms with Crippen LogP contribution in [0.2, 0.25) is 0 Å². The van der Waals surface area contributed by atoms with Crippen molar-refractivity contribution < 1.29 is 15.3 Å². The fourth-order valence-corrected chi connectivity index (χ4v) is 7.06. The maximum absolute atomic E-state index is 10.7. The Labute approximate surface area is 196 Å². The minimum atomic E-state index is -0.701. The standard InChI is InChI=1S/C29H48O3/c1-19(10-8-16-27(3,4)32)23-14-15-24-21(11-9-17-29(23,24)7)12-13-22-18-25(30)28(5,6)26(31)20(22)2/h12-13,19,23-26,30-32H,2,8-11,14-18H2,1,3-7H3/b21-12+,22-13-/t19-,23-,24+,25-,26+,29-/m1/s1. The van der Waals surface area contributed by atoms with E-state index in [0.29, 0.717) is 23.7 Å². The van der Waals surface area contributed by atoms with E-state index in [1.165, 1.54) is 32.1 Å². The molecule has 3 aliphatic rings. The van der Waals surface area contributed by atoms with E-state index in [-0.39, 0.29) is 0 Å². The molecule has 0 amide bonds. The Bertz CT molecular complexity index is 753. The Morgan fingerprint density at radius 1 is 1.16 bits per heavy atom. The average molecular weight is 445 g/mol. The molecule has 0 heterocycles. The van der Waals surface area contributed by atoms with Crippen LogP contribution in [0, 0.1) is 28.6 Å². The third-order valence-corrected chi connectivity index (χ3v) is 9.39. The molecule has 0 aromatic heterocycles. The molecule has 182 valence electrons. The molecular weight excluding hydrogens is 396 g/mol. The minimum absolute atomic E-state index is 0.362. The van der Waals surface area contributed by atoms with Crippen LogP contribution in [0.3, 0.4) is 0 Å². The first-order chi connectivity index (χ1) is 14.8. The maximum atomic E-state index is 10.7. The van der Waals surface area contributed by atoms with E-state index in [2.05, 4.69) is 32.6 Å². The molecule has 0 radical (unpaired) electrons. The van der Waals surface area contributed by atoms with Crippen LogP contribution in [0.5, 0.6) is 0 Å². The van der Waals surface area contributed by atoms with Crippen LogP contribution in [-0.4, -0.2) is 33.1 Å². The number of rotatable bonds is 6. The molecule has 0 bridgehead atoms. The van der Waals surface area contributed by atoms with Gasteiger partial charge in [0.2, 0.25) is 0 Å². The van der Waals surface area contributed by atoms with E-state index in [1.54, 1.807) is 5.57 Å². The highest BCUT2D eigenvalue weighted by atomic mass is 16.3. The smallest absolute Gasteiger partial charge is 0.0862 e. The summed E-state index contributed by atoms with van der Waals surface area (Å²) in [7, 11) is 0. The SMILES string of the molecule is C=C1/C(=C\C=C2/CCC[C@]3(C)[C@@H]([C@H](C)CCCC(C)(C)O)CC[C@@H]23)C[C@@H](O)C(C)(C)[C@H]1O. The largest absolute Gasteiger partial charge is 0.392 e. The normalized spacial score (nSPS) is 38.8. The average Bonchev–Trinajstić information content (AvgIpc) is 3.05. The first-order valence-corrected chi connectivity index (χ1v) is 12.9.